The van der Waals surface area contributed by atoms with E-state index in [1.807, 2.05) is 12.1 Å². The minimum Gasteiger partial charge on any atom is -0.326 e. The Balaban J connectivity index is 1.72. The molecule has 1 saturated carbocycles. The van der Waals surface area contributed by atoms with Crippen molar-refractivity contribution in [3.8, 4) is 0 Å². The van der Waals surface area contributed by atoms with Crippen LogP contribution in [0.3, 0.4) is 0 Å². The third-order valence-electron chi connectivity index (χ3n) is 4.10. The highest BCUT2D eigenvalue weighted by atomic mass is 32.2. The molecule has 0 saturated heterocycles. The highest BCUT2D eigenvalue weighted by Gasteiger charge is 2.29. The first-order valence-corrected chi connectivity index (χ1v) is 9.99. The van der Waals surface area contributed by atoms with E-state index in [1.54, 1.807) is 36.4 Å². The van der Waals surface area contributed by atoms with Crippen LogP contribution in [0.5, 0.6) is 0 Å². The van der Waals surface area contributed by atoms with Crippen LogP contribution in [0.1, 0.15) is 31.7 Å². The standard InChI is InChI=1S/C19H22N2O3S/c1-2-4-14-7-11-18(12-8-14)25(23,24)21-17-6-3-5-16(13-17)20-19(22)15-9-10-15/h3,5-8,11-13,15,21H,2,4,9-10H2,1H3,(H,20,22). The fraction of sp³-hybridized carbons (Fsp3) is 0.316. The maximum Gasteiger partial charge on any atom is 0.261 e. The van der Waals surface area contributed by atoms with Crippen LogP contribution in [0.4, 0.5) is 11.4 Å². The number of benzene rings is 2. The molecule has 2 aromatic carbocycles. The average molecular weight is 358 g/mol. The van der Waals surface area contributed by atoms with Gasteiger partial charge < -0.3 is 5.32 Å². The smallest absolute Gasteiger partial charge is 0.261 e. The van der Waals surface area contributed by atoms with Gasteiger partial charge in [-0.05, 0) is 55.2 Å². The monoisotopic (exact) mass is 358 g/mol. The molecular formula is C19H22N2O3S. The second-order valence-electron chi connectivity index (χ2n) is 6.34. The lowest BCUT2D eigenvalue weighted by molar-refractivity contribution is -0.117. The summed E-state index contributed by atoms with van der Waals surface area (Å²) in [5.41, 5.74) is 2.13. The number of carbonyl (C=O) groups is 1. The van der Waals surface area contributed by atoms with Crippen LogP contribution in [0.2, 0.25) is 0 Å². The molecule has 132 valence electrons. The summed E-state index contributed by atoms with van der Waals surface area (Å²) in [5.74, 6) is 0.0912. The summed E-state index contributed by atoms with van der Waals surface area (Å²) >= 11 is 0. The summed E-state index contributed by atoms with van der Waals surface area (Å²) in [6.07, 6.45) is 3.79. The predicted molar refractivity (Wildman–Crippen MR) is 99.0 cm³/mol. The van der Waals surface area contributed by atoms with Crippen LogP contribution >= 0.6 is 0 Å². The van der Waals surface area contributed by atoms with Crippen molar-refractivity contribution in [3.05, 3.63) is 54.1 Å². The zero-order chi connectivity index (χ0) is 17.9. The lowest BCUT2D eigenvalue weighted by Gasteiger charge is -2.11. The molecule has 0 bridgehead atoms. The molecule has 25 heavy (non-hydrogen) atoms. The second-order valence-corrected chi connectivity index (χ2v) is 8.03. The van der Waals surface area contributed by atoms with Crippen molar-refractivity contribution >= 4 is 27.3 Å². The number of amides is 1. The molecule has 1 aliphatic rings. The Kier molecular flexibility index (Phi) is 5.08. The molecule has 5 nitrogen and oxygen atoms in total. The highest BCUT2D eigenvalue weighted by molar-refractivity contribution is 7.92. The molecule has 0 aliphatic heterocycles. The van der Waals surface area contributed by atoms with Crippen LogP contribution in [0.15, 0.2) is 53.4 Å². The van der Waals surface area contributed by atoms with Gasteiger partial charge in [-0.3, -0.25) is 9.52 Å². The van der Waals surface area contributed by atoms with Gasteiger partial charge in [0.2, 0.25) is 5.91 Å². The molecule has 0 radical (unpaired) electrons. The molecule has 0 heterocycles. The Morgan fingerprint density at radius 2 is 1.76 bits per heavy atom. The Hall–Kier alpha value is -2.34. The molecule has 0 atom stereocenters. The maximum atomic E-state index is 12.5. The Labute approximate surface area is 148 Å². The minimum absolute atomic E-state index is 0.00785. The van der Waals surface area contributed by atoms with Gasteiger partial charge in [-0.1, -0.05) is 31.5 Å². The number of anilines is 2. The molecule has 2 N–H and O–H groups in total. The fourth-order valence-electron chi connectivity index (χ4n) is 2.59. The van der Waals surface area contributed by atoms with E-state index >= 15 is 0 Å². The van der Waals surface area contributed by atoms with Crippen molar-refractivity contribution in [3.63, 3.8) is 0 Å². The molecule has 1 fully saturated rings. The lowest BCUT2D eigenvalue weighted by Crippen LogP contribution is -2.15. The predicted octanol–water partition coefficient (Wildman–Crippen LogP) is 3.79. The number of rotatable bonds is 7. The molecule has 0 unspecified atom stereocenters. The summed E-state index contributed by atoms with van der Waals surface area (Å²) in [5, 5.41) is 2.82. The van der Waals surface area contributed by atoms with E-state index in [0.717, 1.165) is 31.2 Å². The number of nitrogens with one attached hydrogen (secondary N) is 2. The van der Waals surface area contributed by atoms with Gasteiger partial charge in [0.1, 0.15) is 0 Å². The van der Waals surface area contributed by atoms with E-state index in [1.165, 1.54) is 0 Å². The van der Waals surface area contributed by atoms with E-state index in [2.05, 4.69) is 17.0 Å². The van der Waals surface area contributed by atoms with E-state index in [0.29, 0.717) is 11.4 Å². The number of hydrogen-bond donors (Lipinski definition) is 2. The number of carbonyl (C=O) groups excluding carboxylic acids is 1. The van der Waals surface area contributed by atoms with Crippen LogP contribution in [0, 0.1) is 5.92 Å². The molecule has 0 spiro atoms. The normalized spacial score (nSPS) is 14.1. The maximum absolute atomic E-state index is 12.5. The third kappa shape index (κ3) is 4.60. The largest absolute Gasteiger partial charge is 0.326 e. The van der Waals surface area contributed by atoms with E-state index in [-0.39, 0.29) is 16.7 Å². The minimum atomic E-state index is -3.66. The third-order valence-corrected chi connectivity index (χ3v) is 5.50. The van der Waals surface area contributed by atoms with Gasteiger partial charge in [-0.2, -0.15) is 0 Å². The second kappa shape index (κ2) is 7.27. The summed E-state index contributed by atoms with van der Waals surface area (Å²) in [7, 11) is -3.66. The molecule has 6 heteroatoms. The molecule has 0 aromatic heterocycles. The van der Waals surface area contributed by atoms with Gasteiger partial charge in [0.15, 0.2) is 0 Å². The zero-order valence-corrected chi connectivity index (χ0v) is 15.0. The quantitative estimate of drug-likeness (QED) is 0.791. The van der Waals surface area contributed by atoms with Crippen molar-refractivity contribution in [2.24, 2.45) is 5.92 Å². The Morgan fingerprint density at radius 1 is 1.08 bits per heavy atom. The van der Waals surface area contributed by atoms with Crippen molar-refractivity contribution in [2.75, 3.05) is 10.0 Å². The molecule has 3 rings (SSSR count). The molecular weight excluding hydrogens is 336 g/mol. The van der Waals surface area contributed by atoms with Crippen molar-refractivity contribution in [2.45, 2.75) is 37.5 Å². The Bertz CT molecular complexity index is 856. The summed E-state index contributed by atoms with van der Waals surface area (Å²) < 4.78 is 27.6. The molecule has 2 aromatic rings. The highest BCUT2D eigenvalue weighted by Crippen LogP contribution is 2.30. The van der Waals surface area contributed by atoms with Gasteiger partial charge in [0.25, 0.3) is 10.0 Å². The van der Waals surface area contributed by atoms with Crippen LogP contribution in [0.25, 0.3) is 0 Å². The van der Waals surface area contributed by atoms with Crippen molar-refractivity contribution in [1.82, 2.24) is 0 Å². The van der Waals surface area contributed by atoms with Gasteiger partial charge in [-0.15, -0.1) is 0 Å². The number of sulfonamides is 1. The number of aryl methyl sites for hydroxylation is 1. The average Bonchev–Trinajstić information content (AvgIpc) is 3.40. The van der Waals surface area contributed by atoms with Crippen LogP contribution < -0.4 is 10.0 Å². The van der Waals surface area contributed by atoms with Crippen LogP contribution in [-0.2, 0) is 21.2 Å². The molecule has 1 aliphatic carbocycles. The van der Waals surface area contributed by atoms with Gasteiger partial charge in [0.05, 0.1) is 10.6 Å². The van der Waals surface area contributed by atoms with Crippen molar-refractivity contribution < 1.29 is 13.2 Å². The summed E-state index contributed by atoms with van der Waals surface area (Å²) in [6, 6.07) is 13.7. The van der Waals surface area contributed by atoms with Crippen LogP contribution in [-0.4, -0.2) is 14.3 Å². The van der Waals surface area contributed by atoms with E-state index in [9.17, 15) is 13.2 Å². The summed E-state index contributed by atoms with van der Waals surface area (Å²) in [6.45, 7) is 2.08. The van der Waals surface area contributed by atoms with Gasteiger partial charge >= 0.3 is 0 Å². The van der Waals surface area contributed by atoms with E-state index < -0.39 is 10.0 Å². The topological polar surface area (TPSA) is 75.3 Å². The van der Waals surface area contributed by atoms with Gasteiger partial charge in [-0.25, -0.2) is 8.42 Å². The van der Waals surface area contributed by atoms with E-state index in [4.69, 9.17) is 0 Å². The summed E-state index contributed by atoms with van der Waals surface area (Å²) in [4.78, 5) is 12.1. The molecule has 1 amide bonds. The zero-order valence-electron chi connectivity index (χ0n) is 14.2. The first-order chi connectivity index (χ1) is 12.0. The first kappa shape index (κ1) is 17.5. The van der Waals surface area contributed by atoms with Crippen molar-refractivity contribution in [1.29, 1.82) is 0 Å². The van der Waals surface area contributed by atoms with Gasteiger partial charge in [0, 0.05) is 11.6 Å². The first-order valence-electron chi connectivity index (χ1n) is 8.50. The lowest BCUT2D eigenvalue weighted by atomic mass is 10.1. The Morgan fingerprint density at radius 3 is 2.40 bits per heavy atom. The SMILES string of the molecule is CCCc1ccc(S(=O)(=O)Nc2cccc(NC(=O)C3CC3)c2)cc1. The fourth-order valence-corrected chi connectivity index (χ4v) is 3.64. The number of hydrogen-bond acceptors (Lipinski definition) is 3.